The molecule has 0 aliphatic carbocycles. The van der Waals surface area contributed by atoms with Gasteiger partial charge < -0.3 is 19.9 Å². The number of rotatable bonds is 7. The zero-order valence-corrected chi connectivity index (χ0v) is 21.0. The molecule has 2 unspecified atom stereocenters. The molecule has 2 saturated heterocycles. The van der Waals surface area contributed by atoms with Crippen molar-refractivity contribution in [1.82, 2.24) is 10.2 Å². The number of carbonyl (C=O) groups excluding carboxylic acids is 3. The van der Waals surface area contributed by atoms with E-state index in [4.69, 9.17) is 4.74 Å². The molecular formula is C26H27N5O4S. The van der Waals surface area contributed by atoms with Crippen LogP contribution in [0.3, 0.4) is 0 Å². The predicted octanol–water partition coefficient (Wildman–Crippen LogP) is 3.76. The van der Waals surface area contributed by atoms with Gasteiger partial charge >= 0.3 is 0 Å². The van der Waals surface area contributed by atoms with Crippen LogP contribution in [0.15, 0.2) is 48.5 Å². The van der Waals surface area contributed by atoms with Crippen molar-refractivity contribution in [3.8, 4) is 5.75 Å². The van der Waals surface area contributed by atoms with Gasteiger partial charge in [0, 0.05) is 43.2 Å². The second kappa shape index (κ2) is 10.1. The van der Waals surface area contributed by atoms with E-state index in [9.17, 15) is 14.4 Å². The van der Waals surface area contributed by atoms with Crippen molar-refractivity contribution < 1.29 is 19.1 Å². The second-order valence-corrected chi connectivity index (χ2v) is 10.0. The zero-order chi connectivity index (χ0) is 25.2. The average molecular weight is 506 g/mol. The maximum absolute atomic E-state index is 12.9. The number of hydrogen-bond donors (Lipinski definition) is 1. The van der Waals surface area contributed by atoms with Crippen molar-refractivity contribution in [1.29, 1.82) is 0 Å². The molecule has 5 rings (SSSR count). The summed E-state index contributed by atoms with van der Waals surface area (Å²) in [4.78, 5) is 41.5. The zero-order valence-electron chi connectivity index (χ0n) is 20.1. The molecule has 3 aromatic rings. The molecule has 3 amide bonds. The molecule has 2 atom stereocenters. The van der Waals surface area contributed by atoms with Gasteiger partial charge in [-0.2, -0.15) is 0 Å². The van der Waals surface area contributed by atoms with E-state index in [2.05, 4.69) is 15.5 Å². The molecule has 2 aliphatic heterocycles. The topological polar surface area (TPSA) is 105 Å². The fourth-order valence-corrected chi connectivity index (χ4v) is 5.44. The number of carbonyl (C=O) groups is 3. The number of aromatic nitrogens is 2. The molecule has 1 aromatic heterocycles. The van der Waals surface area contributed by atoms with Crippen LogP contribution in [0.4, 0.5) is 16.5 Å². The highest BCUT2D eigenvalue weighted by Gasteiger charge is 2.37. The molecule has 0 bridgehead atoms. The number of amides is 3. The Kier molecular flexibility index (Phi) is 6.69. The van der Waals surface area contributed by atoms with Gasteiger partial charge in [-0.3, -0.25) is 14.4 Å². The Morgan fingerprint density at radius 3 is 2.53 bits per heavy atom. The quantitative estimate of drug-likeness (QED) is 0.524. The van der Waals surface area contributed by atoms with Crippen molar-refractivity contribution in [3.05, 3.63) is 59.1 Å². The first kappa shape index (κ1) is 23.9. The summed E-state index contributed by atoms with van der Waals surface area (Å²) < 4.78 is 5.45. The van der Waals surface area contributed by atoms with E-state index in [1.807, 2.05) is 62.4 Å². The molecule has 0 spiro atoms. The lowest BCUT2D eigenvalue weighted by atomic mass is 10.1. The summed E-state index contributed by atoms with van der Waals surface area (Å²) in [6, 6.07) is 15.1. The van der Waals surface area contributed by atoms with Crippen molar-refractivity contribution >= 4 is 45.6 Å². The van der Waals surface area contributed by atoms with Gasteiger partial charge in [0.15, 0.2) is 0 Å². The Morgan fingerprint density at radius 2 is 1.78 bits per heavy atom. The van der Waals surface area contributed by atoms with Gasteiger partial charge in [-0.05, 0) is 55.8 Å². The Labute approximate surface area is 213 Å². The van der Waals surface area contributed by atoms with Crippen molar-refractivity contribution in [2.24, 2.45) is 5.92 Å². The van der Waals surface area contributed by atoms with Crippen molar-refractivity contribution in [2.75, 3.05) is 34.8 Å². The molecule has 36 heavy (non-hydrogen) atoms. The van der Waals surface area contributed by atoms with Gasteiger partial charge in [0.25, 0.3) is 0 Å². The molecule has 186 valence electrons. The molecule has 1 N–H and O–H groups in total. The lowest BCUT2D eigenvalue weighted by Crippen LogP contribution is -2.28. The Morgan fingerprint density at radius 1 is 1.03 bits per heavy atom. The smallest absolute Gasteiger partial charge is 0.231 e. The van der Waals surface area contributed by atoms with Gasteiger partial charge in [-0.15, -0.1) is 10.2 Å². The lowest BCUT2D eigenvalue weighted by molar-refractivity contribution is -0.122. The Balaban J connectivity index is 1.20. The first-order valence-electron chi connectivity index (χ1n) is 12.0. The van der Waals surface area contributed by atoms with E-state index in [1.54, 1.807) is 9.80 Å². The van der Waals surface area contributed by atoms with Crippen LogP contribution in [-0.2, 0) is 14.4 Å². The maximum atomic E-state index is 12.9. The SMILES string of the molecule is CCOc1ccc(N2CC(C(=O)Nc3nnc(C4CC(=O)N(c5cccc(C)c5)C4)s3)CC2=O)cc1. The maximum Gasteiger partial charge on any atom is 0.231 e. The van der Waals surface area contributed by atoms with Crippen LogP contribution < -0.4 is 19.9 Å². The number of nitrogens with zero attached hydrogens (tertiary/aromatic N) is 4. The fraction of sp³-hybridized carbons (Fsp3) is 0.346. The van der Waals surface area contributed by atoms with E-state index < -0.39 is 5.92 Å². The van der Waals surface area contributed by atoms with E-state index >= 15 is 0 Å². The molecule has 2 aliphatic rings. The highest BCUT2D eigenvalue weighted by Crippen LogP contribution is 2.35. The molecule has 0 saturated carbocycles. The van der Waals surface area contributed by atoms with E-state index in [0.717, 1.165) is 22.7 Å². The number of ether oxygens (including phenoxy) is 1. The van der Waals surface area contributed by atoms with E-state index in [1.165, 1.54) is 11.3 Å². The minimum absolute atomic E-state index is 0.0465. The summed E-state index contributed by atoms with van der Waals surface area (Å²) in [5.41, 5.74) is 2.71. The third-order valence-corrected chi connectivity index (χ3v) is 7.41. The molecule has 3 heterocycles. The third kappa shape index (κ3) is 4.94. The molecular weight excluding hydrogens is 478 g/mol. The first-order chi connectivity index (χ1) is 17.4. The van der Waals surface area contributed by atoms with Crippen LogP contribution in [-0.4, -0.2) is 47.6 Å². The highest BCUT2D eigenvalue weighted by atomic mass is 32.1. The number of benzene rings is 2. The first-order valence-corrected chi connectivity index (χ1v) is 12.8. The molecule has 0 radical (unpaired) electrons. The number of anilines is 3. The number of hydrogen-bond acceptors (Lipinski definition) is 7. The van der Waals surface area contributed by atoms with Gasteiger partial charge in [-0.1, -0.05) is 23.5 Å². The second-order valence-electron chi connectivity index (χ2n) is 9.01. The van der Waals surface area contributed by atoms with Gasteiger partial charge in [0.2, 0.25) is 22.9 Å². The van der Waals surface area contributed by atoms with Crippen molar-refractivity contribution in [2.45, 2.75) is 32.6 Å². The minimum Gasteiger partial charge on any atom is -0.494 e. The average Bonchev–Trinajstić information content (AvgIpc) is 3.58. The summed E-state index contributed by atoms with van der Waals surface area (Å²) in [5, 5.41) is 12.3. The van der Waals surface area contributed by atoms with Crippen LogP contribution >= 0.6 is 11.3 Å². The predicted molar refractivity (Wildman–Crippen MR) is 137 cm³/mol. The molecule has 9 nitrogen and oxygen atoms in total. The van der Waals surface area contributed by atoms with Crippen LogP contribution in [0.25, 0.3) is 0 Å². The standard InChI is InChI=1S/C26H27N5O4S/c1-3-35-21-9-7-19(8-10-21)30-14-17(12-22(30)32)24(34)27-26-29-28-25(36-26)18-13-23(33)31(15-18)20-6-4-5-16(2)11-20/h4-11,17-18H,3,12-15H2,1-2H3,(H,27,29,34). The van der Waals surface area contributed by atoms with Gasteiger partial charge in [0.05, 0.1) is 12.5 Å². The summed E-state index contributed by atoms with van der Waals surface area (Å²) in [5.74, 6) is -0.141. The highest BCUT2D eigenvalue weighted by molar-refractivity contribution is 7.15. The largest absolute Gasteiger partial charge is 0.494 e. The summed E-state index contributed by atoms with van der Waals surface area (Å²) in [6.45, 7) is 5.30. The van der Waals surface area contributed by atoms with E-state index in [-0.39, 0.29) is 30.1 Å². The van der Waals surface area contributed by atoms with Crippen LogP contribution in [0.1, 0.15) is 36.3 Å². The van der Waals surface area contributed by atoms with E-state index in [0.29, 0.717) is 36.3 Å². The fourth-order valence-electron chi connectivity index (χ4n) is 4.60. The monoisotopic (exact) mass is 505 g/mol. The molecule has 2 fully saturated rings. The Bertz CT molecular complexity index is 1290. The summed E-state index contributed by atoms with van der Waals surface area (Å²) in [6.07, 6.45) is 0.484. The van der Waals surface area contributed by atoms with Gasteiger partial charge in [-0.25, -0.2) is 0 Å². The molecule has 2 aromatic carbocycles. The van der Waals surface area contributed by atoms with Crippen LogP contribution in [0.5, 0.6) is 5.75 Å². The minimum atomic E-state index is -0.485. The summed E-state index contributed by atoms with van der Waals surface area (Å²) >= 11 is 1.28. The van der Waals surface area contributed by atoms with Crippen molar-refractivity contribution in [3.63, 3.8) is 0 Å². The Hall–Kier alpha value is -3.79. The lowest BCUT2D eigenvalue weighted by Gasteiger charge is -2.17. The normalized spacial score (nSPS) is 19.7. The van der Waals surface area contributed by atoms with Crippen LogP contribution in [0, 0.1) is 12.8 Å². The number of nitrogens with one attached hydrogen (secondary N) is 1. The van der Waals surface area contributed by atoms with Gasteiger partial charge in [0.1, 0.15) is 10.8 Å². The van der Waals surface area contributed by atoms with Crippen LogP contribution in [0.2, 0.25) is 0 Å². The third-order valence-electron chi connectivity index (χ3n) is 6.41. The number of aryl methyl sites for hydroxylation is 1. The molecule has 10 heteroatoms. The summed E-state index contributed by atoms with van der Waals surface area (Å²) in [7, 11) is 0.